The standard InChI is InChI=1S/C5H6N2O3S/c6-3-1-5(2-4-7)10-11(8)9/h5,11H,1-2H2. The van der Waals surface area contributed by atoms with Crippen LogP contribution in [0.25, 0.3) is 0 Å². The molecule has 0 rings (SSSR count). The molecule has 0 atom stereocenters. The quantitative estimate of drug-likeness (QED) is 0.592. The summed E-state index contributed by atoms with van der Waals surface area (Å²) < 4.78 is 24.2. The predicted octanol–water partition coefficient (Wildman–Crippen LogP) is -0.275. The second-order valence-electron chi connectivity index (χ2n) is 1.68. The molecule has 0 saturated carbocycles. The van der Waals surface area contributed by atoms with Gasteiger partial charge in [0.05, 0.1) is 25.0 Å². The van der Waals surface area contributed by atoms with Gasteiger partial charge >= 0.3 is 0 Å². The second-order valence-corrected chi connectivity index (χ2v) is 2.33. The van der Waals surface area contributed by atoms with E-state index in [0.29, 0.717) is 0 Å². The van der Waals surface area contributed by atoms with E-state index in [1.54, 1.807) is 12.1 Å². The molecule has 0 fully saturated rings. The zero-order valence-corrected chi connectivity index (χ0v) is 6.45. The molecular formula is C5H6N2O3S. The molecule has 0 aliphatic rings. The van der Waals surface area contributed by atoms with Gasteiger partial charge in [-0.2, -0.15) is 10.5 Å². The van der Waals surface area contributed by atoms with Crippen LogP contribution in [0.1, 0.15) is 12.8 Å². The molecule has 0 amide bonds. The first-order valence-corrected chi connectivity index (χ1v) is 3.85. The van der Waals surface area contributed by atoms with Gasteiger partial charge in [-0.3, -0.25) is 4.18 Å². The van der Waals surface area contributed by atoms with Crippen LogP contribution in [0, 0.1) is 22.7 Å². The van der Waals surface area contributed by atoms with Gasteiger partial charge in [0, 0.05) is 0 Å². The first-order valence-electron chi connectivity index (χ1n) is 2.75. The highest BCUT2D eigenvalue weighted by atomic mass is 32.2. The molecule has 0 aliphatic carbocycles. The van der Waals surface area contributed by atoms with Crippen molar-refractivity contribution in [1.29, 1.82) is 10.5 Å². The third kappa shape index (κ3) is 5.34. The van der Waals surface area contributed by atoms with Crippen LogP contribution < -0.4 is 0 Å². The fourth-order valence-electron chi connectivity index (χ4n) is 0.472. The lowest BCUT2D eigenvalue weighted by atomic mass is 10.2. The number of rotatable bonds is 4. The molecule has 6 heteroatoms. The van der Waals surface area contributed by atoms with Gasteiger partial charge in [0.2, 0.25) is 0 Å². The van der Waals surface area contributed by atoms with Gasteiger partial charge in [0.15, 0.2) is 0 Å². The van der Waals surface area contributed by atoms with Gasteiger partial charge in [0.1, 0.15) is 6.10 Å². The smallest absolute Gasteiger partial charge is 0.257 e. The minimum Gasteiger partial charge on any atom is -0.267 e. The van der Waals surface area contributed by atoms with Crippen molar-refractivity contribution in [3.63, 3.8) is 0 Å². The van der Waals surface area contributed by atoms with Gasteiger partial charge in [0.25, 0.3) is 11.0 Å². The maximum Gasteiger partial charge on any atom is 0.257 e. The summed E-state index contributed by atoms with van der Waals surface area (Å²) in [6.45, 7) is 0. The zero-order chi connectivity index (χ0) is 8.69. The summed E-state index contributed by atoms with van der Waals surface area (Å²) in [5.41, 5.74) is 0. The molecule has 60 valence electrons. The Morgan fingerprint density at radius 2 is 1.73 bits per heavy atom. The molecule has 0 heterocycles. The van der Waals surface area contributed by atoms with Crippen molar-refractivity contribution >= 4 is 11.0 Å². The van der Waals surface area contributed by atoms with E-state index < -0.39 is 17.1 Å². The first kappa shape index (κ1) is 9.89. The summed E-state index contributed by atoms with van der Waals surface area (Å²) in [5, 5.41) is 16.3. The van der Waals surface area contributed by atoms with Crippen LogP contribution in [0.4, 0.5) is 0 Å². The van der Waals surface area contributed by atoms with Crippen LogP contribution in [-0.2, 0) is 15.2 Å². The number of nitriles is 2. The molecule has 11 heavy (non-hydrogen) atoms. The Morgan fingerprint density at radius 3 is 2.00 bits per heavy atom. The lowest BCUT2D eigenvalue weighted by Crippen LogP contribution is -2.09. The molecule has 0 unspecified atom stereocenters. The molecule has 0 aromatic heterocycles. The monoisotopic (exact) mass is 174 g/mol. The van der Waals surface area contributed by atoms with E-state index in [1.165, 1.54) is 0 Å². The van der Waals surface area contributed by atoms with Gasteiger partial charge in [-0.05, 0) is 0 Å². The number of hydrogen-bond acceptors (Lipinski definition) is 5. The number of nitrogens with zero attached hydrogens (tertiary/aromatic N) is 2. The van der Waals surface area contributed by atoms with E-state index >= 15 is 0 Å². The summed E-state index contributed by atoms with van der Waals surface area (Å²) >= 11 is 0. The van der Waals surface area contributed by atoms with E-state index in [2.05, 4.69) is 4.18 Å². The first-order chi connectivity index (χ1) is 5.20. The average Bonchev–Trinajstić information content (AvgIpc) is 1.87. The van der Waals surface area contributed by atoms with Crippen LogP contribution in [0.2, 0.25) is 0 Å². The maximum atomic E-state index is 9.96. The summed E-state index contributed by atoms with van der Waals surface area (Å²) in [6.07, 6.45) is -0.987. The Labute approximate surface area is 66.0 Å². The van der Waals surface area contributed by atoms with Crippen LogP contribution in [0.3, 0.4) is 0 Å². The van der Waals surface area contributed by atoms with E-state index in [-0.39, 0.29) is 12.8 Å². The minimum atomic E-state index is -2.97. The molecule has 0 aromatic rings. The molecule has 0 aliphatic heterocycles. The van der Waals surface area contributed by atoms with Gasteiger partial charge in [-0.15, -0.1) is 0 Å². The third-order valence-electron chi connectivity index (χ3n) is 0.873. The van der Waals surface area contributed by atoms with Crippen molar-refractivity contribution in [2.45, 2.75) is 18.9 Å². The Balaban J connectivity index is 3.92. The van der Waals surface area contributed by atoms with Gasteiger partial charge < -0.3 is 0 Å². The second kappa shape index (κ2) is 5.66. The van der Waals surface area contributed by atoms with Crippen molar-refractivity contribution in [2.24, 2.45) is 0 Å². The summed E-state index contributed by atoms with van der Waals surface area (Å²) in [5.74, 6) is 0. The molecular weight excluding hydrogens is 168 g/mol. The molecule has 0 spiro atoms. The average molecular weight is 174 g/mol. The van der Waals surface area contributed by atoms with E-state index in [0.717, 1.165) is 0 Å². The van der Waals surface area contributed by atoms with E-state index in [1.807, 2.05) is 0 Å². The van der Waals surface area contributed by atoms with Crippen LogP contribution in [-0.4, -0.2) is 14.5 Å². The number of hydrogen-bond donors (Lipinski definition) is 1. The topological polar surface area (TPSA) is 90.9 Å². The largest absolute Gasteiger partial charge is 0.267 e. The highest BCUT2D eigenvalue weighted by Crippen LogP contribution is 2.01. The highest BCUT2D eigenvalue weighted by molar-refractivity contribution is 7.67. The van der Waals surface area contributed by atoms with Gasteiger partial charge in [-0.1, -0.05) is 0 Å². The Morgan fingerprint density at radius 1 is 1.27 bits per heavy atom. The highest BCUT2D eigenvalue weighted by Gasteiger charge is 2.08. The van der Waals surface area contributed by atoms with Crippen molar-refractivity contribution in [3.8, 4) is 12.1 Å². The SMILES string of the molecule is N#CCC(CC#N)O[SH](=O)=O. The summed E-state index contributed by atoms with van der Waals surface area (Å²) in [7, 11) is -2.97. The van der Waals surface area contributed by atoms with Crippen molar-refractivity contribution < 1.29 is 12.6 Å². The maximum absolute atomic E-state index is 9.96. The third-order valence-corrected chi connectivity index (χ3v) is 1.34. The molecule has 0 radical (unpaired) electrons. The Hall–Kier alpha value is -1.11. The molecule has 0 N–H and O–H groups in total. The van der Waals surface area contributed by atoms with E-state index in [9.17, 15) is 8.42 Å². The lowest BCUT2D eigenvalue weighted by Gasteiger charge is -2.02. The van der Waals surface area contributed by atoms with Crippen molar-refractivity contribution in [3.05, 3.63) is 0 Å². The van der Waals surface area contributed by atoms with Gasteiger partial charge in [-0.25, -0.2) is 8.42 Å². The number of thiol groups is 1. The normalized spacial score (nSPS) is 9.45. The summed E-state index contributed by atoms with van der Waals surface area (Å²) in [4.78, 5) is 0. The van der Waals surface area contributed by atoms with E-state index in [4.69, 9.17) is 10.5 Å². The zero-order valence-electron chi connectivity index (χ0n) is 5.56. The molecule has 0 aromatic carbocycles. The molecule has 0 saturated heterocycles. The van der Waals surface area contributed by atoms with Crippen LogP contribution >= 0.6 is 0 Å². The molecule has 0 bridgehead atoms. The Kier molecular flexibility index (Phi) is 5.09. The fourth-order valence-corrected chi connectivity index (χ4v) is 0.865. The van der Waals surface area contributed by atoms with Crippen LogP contribution in [0.5, 0.6) is 0 Å². The fraction of sp³-hybridized carbons (Fsp3) is 0.600. The summed E-state index contributed by atoms with van der Waals surface area (Å²) in [6, 6.07) is 3.43. The Bertz CT molecular complexity index is 236. The molecule has 5 nitrogen and oxygen atoms in total. The predicted molar refractivity (Wildman–Crippen MR) is 35.6 cm³/mol. The lowest BCUT2D eigenvalue weighted by molar-refractivity contribution is 0.229. The minimum absolute atomic E-state index is 0.0864. The van der Waals surface area contributed by atoms with Crippen molar-refractivity contribution in [2.75, 3.05) is 0 Å². The van der Waals surface area contributed by atoms with Crippen LogP contribution in [0.15, 0.2) is 0 Å². The van der Waals surface area contributed by atoms with Crippen molar-refractivity contribution in [1.82, 2.24) is 0 Å².